The van der Waals surface area contributed by atoms with Crippen LogP contribution in [0.4, 0.5) is 0 Å². The van der Waals surface area contributed by atoms with E-state index in [2.05, 4.69) is 46.1 Å². The zero-order chi connectivity index (χ0) is 14.0. The van der Waals surface area contributed by atoms with Crippen LogP contribution in [0, 0.1) is 0 Å². The summed E-state index contributed by atoms with van der Waals surface area (Å²) >= 11 is 5.20. The summed E-state index contributed by atoms with van der Waals surface area (Å²) in [4.78, 5) is 3.58. The van der Waals surface area contributed by atoms with Crippen molar-refractivity contribution in [2.24, 2.45) is 5.73 Å². The van der Waals surface area contributed by atoms with E-state index in [9.17, 15) is 5.11 Å². The van der Waals surface area contributed by atoms with Crippen LogP contribution in [0.15, 0.2) is 15.9 Å². The van der Waals surface area contributed by atoms with Gasteiger partial charge in [-0.3, -0.25) is 4.90 Å². The second kappa shape index (κ2) is 6.20. The van der Waals surface area contributed by atoms with Gasteiger partial charge < -0.3 is 15.6 Å². The van der Waals surface area contributed by atoms with Gasteiger partial charge in [0.2, 0.25) is 0 Å². The highest BCUT2D eigenvalue weighted by Gasteiger charge is 2.36. The Morgan fingerprint density at radius 1 is 1.68 bits per heavy atom. The molecular weight excluding hydrogens is 328 g/mol. The van der Waals surface area contributed by atoms with E-state index in [4.69, 9.17) is 10.5 Å². The first-order valence-electron chi connectivity index (χ1n) is 6.42. The Labute approximate surface area is 126 Å². The third kappa shape index (κ3) is 3.77. The lowest BCUT2D eigenvalue weighted by molar-refractivity contribution is -0.156. The summed E-state index contributed by atoms with van der Waals surface area (Å²) < 4.78 is 6.95. The number of halogens is 1. The zero-order valence-corrected chi connectivity index (χ0v) is 13.7. The molecule has 1 saturated heterocycles. The van der Waals surface area contributed by atoms with E-state index in [1.165, 1.54) is 4.88 Å². The van der Waals surface area contributed by atoms with E-state index in [1.807, 2.05) is 0 Å². The lowest BCUT2D eigenvalue weighted by Crippen LogP contribution is -2.55. The summed E-state index contributed by atoms with van der Waals surface area (Å²) in [6, 6.07) is 2.31. The van der Waals surface area contributed by atoms with Crippen molar-refractivity contribution in [3.63, 3.8) is 0 Å². The van der Waals surface area contributed by atoms with Crippen LogP contribution in [-0.4, -0.2) is 48.0 Å². The van der Waals surface area contributed by atoms with Crippen LogP contribution >= 0.6 is 27.3 Å². The minimum atomic E-state index is -0.256. The molecule has 0 saturated carbocycles. The molecule has 3 N–H and O–H groups in total. The highest BCUT2D eigenvalue weighted by Crippen LogP contribution is 2.32. The van der Waals surface area contributed by atoms with Crippen molar-refractivity contribution >= 4 is 27.3 Å². The Balaban J connectivity index is 2.17. The van der Waals surface area contributed by atoms with Crippen molar-refractivity contribution in [3.05, 3.63) is 20.8 Å². The first-order valence-corrected chi connectivity index (χ1v) is 8.09. The van der Waals surface area contributed by atoms with Gasteiger partial charge in [-0.2, -0.15) is 0 Å². The normalized spacial score (nSPS) is 25.4. The van der Waals surface area contributed by atoms with Crippen molar-refractivity contribution in [2.75, 3.05) is 26.2 Å². The quantitative estimate of drug-likeness (QED) is 0.873. The van der Waals surface area contributed by atoms with Gasteiger partial charge in [-0.15, -0.1) is 11.3 Å². The predicted octanol–water partition coefficient (Wildman–Crippen LogP) is 1.98. The summed E-state index contributed by atoms with van der Waals surface area (Å²) in [5, 5.41) is 11.5. The van der Waals surface area contributed by atoms with Crippen LogP contribution in [0.3, 0.4) is 0 Å². The smallest absolute Gasteiger partial charge is 0.0940 e. The van der Waals surface area contributed by atoms with Crippen LogP contribution in [0.1, 0.15) is 24.8 Å². The molecule has 1 aliphatic heterocycles. The van der Waals surface area contributed by atoms with Gasteiger partial charge in [0, 0.05) is 34.4 Å². The van der Waals surface area contributed by atoms with Gasteiger partial charge in [0.15, 0.2) is 0 Å². The molecule has 2 atom stereocenters. The molecule has 0 radical (unpaired) electrons. The van der Waals surface area contributed by atoms with Crippen molar-refractivity contribution in [3.8, 4) is 0 Å². The third-order valence-corrected chi connectivity index (χ3v) is 5.09. The molecule has 2 unspecified atom stereocenters. The predicted molar refractivity (Wildman–Crippen MR) is 81.4 cm³/mol. The fourth-order valence-electron chi connectivity index (χ4n) is 2.62. The number of ether oxygens (including phenoxy) is 1. The molecule has 2 heterocycles. The number of rotatable bonds is 4. The van der Waals surface area contributed by atoms with Crippen molar-refractivity contribution in [1.82, 2.24) is 4.90 Å². The van der Waals surface area contributed by atoms with Crippen LogP contribution < -0.4 is 5.73 Å². The Hall–Kier alpha value is 0.0200. The summed E-state index contributed by atoms with van der Waals surface area (Å²) in [5.41, 5.74) is 5.71. The van der Waals surface area contributed by atoms with Crippen LogP contribution in [-0.2, 0) is 4.74 Å². The highest BCUT2D eigenvalue weighted by molar-refractivity contribution is 9.10. The molecule has 1 fully saturated rings. The number of aliphatic hydroxyl groups is 1. The van der Waals surface area contributed by atoms with Crippen LogP contribution in [0.25, 0.3) is 0 Å². The second-order valence-electron chi connectivity index (χ2n) is 5.53. The van der Waals surface area contributed by atoms with Crippen LogP contribution in [0.2, 0.25) is 0 Å². The maximum Gasteiger partial charge on any atom is 0.0940 e. The van der Waals surface area contributed by atoms with Gasteiger partial charge in [0.25, 0.3) is 0 Å². The van der Waals surface area contributed by atoms with E-state index in [-0.39, 0.29) is 24.4 Å². The van der Waals surface area contributed by atoms with Crippen molar-refractivity contribution in [1.29, 1.82) is 0 Å². The highest BCUT2D eigenvalue weighted by atomic mass is 79.9. The van der Waals surface area contributed by atoms with Gasteiger partial charge in [-0.05, 0) is 35.8 Å². The Morgan fingerprint density at radius 2 is 2.42 bits per heavy atom. The Kier molecular flexibility index (Phi) is 5.03. The fraction of sp³-hybridized carbons (Fsp3) is 0.692. The average molecular weight is 349 g/mol. The molecule has 19 heavy (non-hydrogen) atoms. The number of aliphatic hydroxyl groups excluding tert-OH is 1. The molecule has 0 aromatic carbocycles. The maximum absolute atomic E-state index is 9.38. The minimum absolute atomic E-state index is 0.0470. The average Bonchev–Trinajstić information content (AvgIpc) is 2.74. The second-order valence-corrected chi connectivity index (χ2v) is 7.39. The molecule has 1 aromatic rings. The number of nitrogens with zero attached hydrogens (tertiary/aromatic N) is 1. The number of hydrogen-bond donors (Lipinski definition) is 2. The number of morpholine rings is 1. The summed E-state index contributed by atoms with van der Waals surface area (Å²) in [6.07, 6.45) is -0.138. The number of hydrogen-bond acceptors (Lipinski definition) is 5. The van der Waals surface area contributed by atoms with E-state index >= 15 is 0 Å². The molecule has 108 valence electrons. The SMILES string of the molecule is CC1(C)CN(C(CN)c2cc(Br)cs2)CC(CO)O1. The molecule has 0 aliphatic carbocycles. The monoisotopic (exact) mass is 348 g/mol. The lowest BCUT2D eigenvalue weighted by Gasteiger charge is -2.45. The van der Waals surface area contributed by atoms with Crippen LogP contribution in [0.5, 0.6) is 0 Å². The first kappa shape index (κ1) is 15.4. The maximum atomic E-state index is 9.38. The van der Waals surface area contributed by atoms with Gasteiger partial charge in [0.05, 0.1) is 24.4 Å². The topological polar surface area (TPSA) is 58.7 Å². The summed E-state index contributed by atoms with van der Waals surface area (Å²) in [7, 11) is 0. The first-order chi connectivity index (χ1) is 8.95. The molecule has 1 aromatic heterocycles. The zero-order valence-electron chi connectivity index (χ0n) is 11.3. The summed E-state index contributed by atoms with van der Waals surface area (Å²) in [5.74, 6) is 0. The van der Waals surface area contributed by atoms with Crippen molar-refractivity contribution < 1.29 is 9.84 Å². The van der Waals surface area contributed by atoms with E-state index in [0.717, 1.165) is 17.6 Å². The standard InChI is InChI=1S/C13H21BrN2O2S/c1-13(2)8-16(5-10(6-17)18-13)11(4-15)12-3-9(14)7-19-12/h3,7,10-11,17H,4-6,8,15H2,1-2H3. The molecule has 2 rings (SSSR count). The number of nitrogens with two attached hydrogens (primary N) is 1. The van der Waals surface area contributed by atoms with Crippen molar-refractivity contribution in [2.45, 2.75) is 31.6 Å². The Bertz CT molecular complexity index is 425. The molecule has 0 amide bonds. The lowest BCUT2D eigenvalue weighted by atomic mass is 10.0. The summed E-state index contributed by atoms with van der Waals surface area (Å²) in [6.45, 7) is 6.27. The van der Waals surface area contributed by atoms with E-state index < -0.39 is 0 Å². The fourth-order valence-corrected chi connectivity index (χ4v) is 4.21. The van der Waals surface area contributed by atoms with Gasteiger partial charge in [-0.25, -0.2) is 0 Å². The molecule has 1 aliphatic rings. The molecule has 6 heteroatoms. The van der Waals surface area contributed by atoms with E-state index in [0.29, 0.717) is 6.54 Å². The molecule has 0 spiro atoms. The number of thiophene rings is 1. The molecular formula is C13H21BrN2O2S. The van der Waals surface area contributed by atoms with E-state index in [1.54, 1.807) is 11.3 Å². The van der Waals surface area contributed by atoms with Gasteiger partial charge >= 0.3 is 0 Å². The Morgan fingerprint density at radius 3 is 2.95 bits per heavy atom. The third-order valence-electron chi connectivity index (χ3n) is 3.29. The van der Waals surface area contributed by atoms with Gasteiger partial charge in [0.1, 0.15) is 0 Å². The largest absolute Gasteiger partial charge is 0.394 e. The minimum Gasteiger partial charge on any atom is -0.394 e. The molecule has 4 nitrogen and oxygen atoms in total. The van der Waals surface area contributed by atoms with Gasteiger partial charge in [-0.1, -0.05) is 0 Å². The molecule has 0 bridgehead atoms.